The van der Waals surface area contributed by atoms with Gasteiger partial charge in [0.05, 0.1) is 18.0 Å². The minimum absolute atomic E-state index is 0.180. The Morgan fingerprint density at radius 2 is 2.16 bits per heavy atom. The van der Waals surface area contributed by atoms with Gasteiger partial charge in [-0.1, -0.05) is 18.2 Å². The minimum atomic E-state index is -0.180. The molecule has 0 aliphatic rings. The number of hydrogen-bond acceptors (Lipinski definition) is 4. The average Bonchev–Trinajstić information content (AvgIpc) is 2.94. The van der Waals surface area contributed by atoms with Gasteiger partial charge in [0.25, 0.3) is 0 Å². The van der Waals surface area contributed by atoms with E-state index in [1.165, 1.54) is 0 Å². The molecular weight excluding hydrogens is 256 g/mol. The molecule has 1 atom stereocenters. The van der Waals surface area contributed by atoms with Crippen LogP contribution in [0.25, 0.3) is 10.8 Å². The van der Waals surface area contributed by atoms with Crippen LogP contribution in [-0.4, -0.2) is 12.1 Å². The highest BCUT2D eigenvalue weighted by molar-refractivity contribution is 7.10. The zero-order valence-electron chi connectivity index (χ0n) is 10.5. The van der Waals surface area contributed by atoms with Gasteiger partial charge in [-0.2, -0.15) is 0 Å². The molecule has 1 aromatic carbocycles. The smallest absolute Gasteiger partial charge is 0.134 e. The first-order valence-electron chi connectivity index (χ1n) is 6.01. The lowest BCUT2D eigenvalue weighted by Crippen LogP contribution is -2.11. The number of pyridine rings is 1. The Kier molecular flexibility index (Phi) is 3.19. The standard InChI is InChI=1S/C15H14N2OS/c1-18-13-6-8-19-15(13)14(16)12-4-2-3-10-9-17-7-5-11(10)12/h2-9,14H,16H2,1H3. The Morgan fingerprint density at radius 1 is 1.26 bits per heavy atom. The second-order valence-electron chi connectivity index (χ2n) is 4.27. The molecule has 0 aliphatic carbocycles. The number of benzene rings is 1. The molecule has 0 fully saturated rings. The molecule has 2 aromatic heterocycles. The van der Waals surface area contributed by atoms with Crippen molar-refractivity contribution in [1.82, 2.24) is 4.98 Å². The van der Waals surface area contributed by atoms with Crippen molar-refractivity contribution < 1.29 is 4.74 Å². The molecular formula is C15H14N2OS. The highest BCUT2D eigenvalue weighted by Gasteiger charge is 2.17. The summed E-state index contributed by atoms with van der Waals surface area (Å²) in [5.74, 6) is 0.851. The van der Waals surface area contributed by atoms with Crippen molar-refractivity contribution >= 4 is 22.1 Å². The molecule has 0 radical (unpaired) electrons. The fraction of sp³-hybridized carbons (Fsp3) is 0.133. The number of nitrogens with zero attached hydrogens (tertiary/aromatic N) is 1. The monoisotopic (exact) mass is 270 g/mol. The number of hydrogen-bond donors (Lipinski definition) is 1. The molecule has 3 aromatic rings. The molecule has 2 heterocycles. The van der Waals surface area contributed by atoms with Crippen molar-refractivity contribution in [3.05, 3.63) is 58.5 Å². The molecule has 0 saturated carbocycles. The molecule has 1 unspecified atom stereocenters. The van der Waals surface area contributed by atoms with Crippen molar-refractivity contribution in [2.75, 3.05) is 7.11 Å². The fourth-order valence-electron chi connectivity index (χ4n) is 2.26. The average molecular weight is 270 g/mol. The number of thiophene rings is 1. The van der Waals surface area contributed by atoms with Gasteiger partial charge in [-0.25, -0.2) is 0 Å². The number of ether oxygens (including phenoxy) is 1. The third-order valence-corrected chi connectivity index (χ3v) is 4.19. The van der Waals surface area contributed by atoms with Gasteiger partial charge in [0.15, 0.2) is 0 Å². The van der Waals surface area contributed by atoms with E-state index in [2.05, 4.69) is 11.1 Å². The van der Waals surface area contributed by atoms with Gasteiger partial charge in [-0.15, -0.1) is 11.3 Å². The van der Waals surface area contributed by atoms with Gasteiger partial charge in [0.2, 0.25) is 0 Å². The van der Waals surface area contributed by atoms with E-state index in [-0.39, 0.29) is 6.04 Å². The van der Waals surface area contributed by atoms with Crippen LogP contribution >= 0.6 is 11.3 Å². The van der Waals surface area contributed by atoms with Gasteiger partial charge in [0.1, 0.15) is 5.75 Å². The first-order chi connectivity index (χ1) is 9.31. The zero-order chi connectivity index (χ0) is 13.2. The normalized spacial score (nSPS) is 12.5. The number of fused-ring (bicyclic) bond motifs is 1. The maximum Gasteiger partial charge on any atom is 0.134 e. The van der Waals surface area contributed by atoms with Crippen LogP contribution in [0.3, 0.4) is 0 Å². The van der Waals surface area contributed by atoms with E-state index in [0.29, 0.717) is 0 Å². The van der Waals surface area contributed by atoms with E-state index in [0.717, 1.165) is 27.0 Å². The van der Waals surface area contributed by atoms with Crippen LogP contribution in [0, 0.1) is 0 Å². The van der Waals surface area contributed by atoms with Crippen LogP contribution in [-0.2, 0) is 0 Å². The Hall–Kier alpha value is -1.91. The van der Waals surface area contributed by atoms with Crippen LogP contribution in [0.2, 0.25) is 0 Å². The molecule has 3 nitrogen and oxygen atoms in total. The second kappa shape index (κ2) is 4.99. The molecule has 0 spiro atoms. The molecule has 0 bridgehead atoms. The topological polar surface area (TPSA) is 48.1 Å². The third kappa shape index (κ3) is 2.09. The van der Waals surface area contributed by atoms with E-state index in [1.807, 2.05) is 35.8 Å². The lowest BCUT2D eigenvalue weighted by Gasteiger charge is -2.14. The molecule has 0 amide bonds. The van der Waals surface area contributed by atoms with E-state index in [1.54, 1.807) is 24.6 Å². The van der Waals surface area contributed by atoms with Crippen molar-refractivity contribution in [2.24, 2.45) is 5.73 Å². The SMILES string of the molecule is COc1ccsc1C(N)c1cccc2cnccc12. The fourth-order valence-corrected chi connectivity index (χ4v) is 3.14. The predicted octanol–water partition coefficient (Wildman–Crippen LogP) is 3.35. The molecule has 0 saturated heterocycles. The Bertz CT molecular complexity index is 703. The van der Waals surface area contributed by atoms with Crippen LogP contribution in [0.4, 0.5) is 0 Å². The summed E-state index contributed by atoms with van der Waals surface area (Å²) in [5.41, 5.74) is 7.51. The van der Waals surface area contributed by atoms with Crippen LogP contribution in [0.5, 0.6) is 5.75 Å². The van der Waals surface area contributed by atoms with E-state index in [4.69, 9.17) is 10.5 Å². The maximum atomic E-state index is 6.41. The first-order valence-corrected chi connectivity index (χ1v) is 6.89. The van der Waals surface area contributed by atoms with Gasteiger partial charge in [-0.05, 0) is 28.5 Å². The van der Waals surface area contributed by atoms with Gasteiger partial charge < -0.3 is 10.5 Å². The predicted molar refractivity (Wildman–Crippen MR) is 78.6 cm³/mol. The summed E-state index contributed by atoms with van der Waals surface area (Å²) < 4.78 is 5.36. The third-order valence-electron chi connectivity index (χ3n) is 3.21. The molecule has 2 N–H and O–H groups in total. The Balaban J connectivity index is 2.14. The van der Waals surface area contributed by atoms with E-state index < -0.39 is 0 Å². The van der Waals surface area contributed by atoms with Crippen molar-refractivity contribution in [3.8, 4) is 5.75 Å². The number of rotatable bonds is 3. The minimum Gasteiger partial charge on any atom is -0.496 e. The summed E-state index contributed by atoms with van der Waals surface area (Å²) in [7, 11) is 1.67. The van der Waals surface area contributed by atoms with E-state index >= 15 is 0 Å². The lowest BCUT2D eigenvalue weighted by atomic mass is 9.99. The highest BCUT2D eigenvalue weighted by Crippen LogP contribution is 2.35. The molecule has 19 heavy (non-hydrogen) atoms. The van der Waals surface area contributed by atoms with Gasteiger partial charge in [0, 0.05) is 17.8 Å². The number of nitrogens with two attached hydrogens (primary N) is 1. The molecule has 3 rings (SSSR count). The summed E-state index contributed by atoms with van der Waals surface area (Å²) in [6.07, 6.45) is 3.65. The molecule has 96 valence electrons. The van der Waals surface area contributed by atoms with E-state index in [9.17, 15) is 0 Å². The van der Waals surface area contributed by atoms with Crippen LogP contribution in [0.1, 0.15) is 16.5 Å². The number of methoxy groups -OCH3 is 1. The largest absolute Gasteiger partial charge is 0.496 e. The highest BCUT2D eigenvalue weighted by atomic mass is 32.1. The van der Waals surface area contributed by atoms with Crippen LogP contribution in [0.15, 0.2) is 48.1 Å². The van der Waals surface area contributed by atoms with Crippen molar-refractivity contribution in [2.45, 2.75) is 6.04 Å². The second-order valence-corrected chi connectivity index (χ2v) is 5.22. The Morgan fingerprint density at radius 3 is 3.00 bits per heavy atom. The maximum absolute atomic E-state index is 6.41. The summed E-state index contributed by atoms with van der Waals surface area (Å²) in [6, 6.07) is 9.90. The van der Waals surface area contributed by atoms with Gasteiger partial charge >= 0.3 is 0 Å². The number of aromatic nitrogens is 1. The summed E-state index contributed by atoms with van der Waals surface area (Å²) in [4.78, 5) is 5.19. The summed E-state index contributed by atoms with van der Waals surface area (Å²) in [5, 5.41) is 4.24. The molecule has 4 heteroatoms. The van der Waals surface area contributed by atoms with Crippen molar-refractivity contribution in [1.29, 1.82) is 0 Å². The summed E-state index contributed by atoms with van der Waals surface area (Å²) in [6.45, 7) is 0. The quantitative estimate of drug-likeness (QED) is 0.794. The molecule has 0 aliphatic heterocycles. The van der Waals surface area contributed by atoms with Crippen LogP contribution < -0.4 is 10.5 Å². The first kappa shape index (κ1) is 12.1. The zero-order valence-corrected chi connectivity index (χ0v) is 11.4. The Labute approximate surface area is 115 Å². The van der Waals surface area contributed by atoms with Crippen molar-refractivity contribution in [3.63, 3.8) is 0 Å². The summed E-state index contributed by atoms with van der Waals surface area (Å²) >= 11 is 1.62. The lowest BCUT2D eigenvalue weighted by molar-refractivity contribution is 0.411. The van der Waals surface area contributed by atoms with Gasteiger partial charge in [-0.3, -0.25) is 4.98 Å².